The quantitative estimate of drug-likeness (QED) is 0.837. The van der Waals surface area contributed by atoms with Crippen LogP contribution in [0.25, 0.3) is 0 Å². The molecule has 1 aromatic rings. The number of nitrogens with zero attached hydrogens (tertiary/aromatic N) is 1. The van der Waals surface area contributed by atoms with Crippen molar-refractivity contribution < 1.29 is 9.59 Å². The Morgan fingerprint density at radius 1 is 1.44 bits per heavy atom. The minimum Gasteiger partial charge on any atom is -0.272 e. The van der Waals surface area contributed by atoms with Crippen molar-refractivity contribution in [1.82, 2.24) is 10.4 Å². The molecule has 4 nitrogen and oxygen atoms in total. The molecule has 1 fully saturated rings. The van der Waals surface area contributed by atoms with E-state index in [0.29, 0.717) is 17.5 Å². The van der Waals surface area contributed by atoms with E-state index in [0.717, 1.165) is 5.56 Å². The van der Waals surface area contributed by atoms with Gasteiger partial charge in [-0.3, -0.25) is 15.0 Å². The first-order valence-electron chi connectivity index (χ1n) is 4.68. The molecule has 0 radical (unpaired) electrons. The van der Waals surface area contributed by atoms with Crippen molar-refractivity contribution in [3.8, 4) is 0 Å². The average molecular weight is 257 g/mol. The maximum atomic E-state index is 11.6. The molecule has 1 atom stereocenters. The molecule has 84 valence electrons. The van der Waals surface area contributed by atoms with Crippen molar-refractivity contribution in [2.45, 2.75) is 5.92 Å². The highest BCUT2D eigenvalue weighted by Crippen LogP contribution is 2.24. The van der Waals surface area contributed by atoms with Crippen molar-refractivity contribution in [1.29, 1.82) is 0 Å². The second kappa shape index (κ2) is 4.76. The van der Waals surface area contributed by atoms with E-state index in [1.165, 1.54) is 5.01 Å². The predicted octanol–water partition coefficient (Wildman–Crippen LogP) is 2.12. The first kappa shape index (κ1) is 11.3. The molecule has 1 aromatic carbocycles. The molecule has 1 aliphatic rings. The van der Waals surface area contributed by atoms with Gasteiger partial charge in [0, 0.05) is 11.0 Å². The number of amides is 2. The fourth-order valence-corrected chi connectivity index (χ4v) is 2.08. The van der Waals surface area contributed by atoms with Crippen molar-refractivity contribution in [2.75, 3.05) is 6.54 Å². The van der Waals surface area contributed by atoms with Gasteiger partial charge in [0.2, 0.25) is 5.91 Å². The van der Waals surface area contributed by atoms with E-state index in [4.69, 9.17) is 10.7 Å². The Morgan fingerprint density at radius 2 is 2.12 bits per heavy atom. The molecule has 0 saturated carbocycles. The Morgan fingerprint density at radius 3 is 2.75 bits per heavy atom. The summed E-state index contributed by atoms with van der Waals surface area (Å²) in [4.78, 5) is 22.9. The van der Waals surface area contributed by atoms with Gasteiger partial charge in [0.25, 0.3) is 0 Å². The lowest BCUT2D eigenvalue weighted by molar-refractivity contribution is -0.121. The second-order valence-electron chi connectivity index (χ2n) is 3.39. The Labute approximate surface area is 101 Å². The zero-order valence-electron chi connectivity index (χ0n) is 8.22. The van der Waals surface area contributed by atoms with Gasteiger partial charge in [0.05, 0.1) is 12.5 Å². The van der Waals surface area contributed by atoms with Gasteiger partial charge in [0.15, 0.2) is 0 Å². The van der Waals surface area contributed by atoms with Crippen LogP contribution < -0.4 is 5.43 Å². The van der Waals surface area contributed by atoms with Crippen LogP contribution in [0.15, 0.2) is 30.3 Å². The molecular formula is C10H9ClN2O2S. The van der Waals surface area contributed by atoms with Crippen molar-refractivity contribution in [3.63, 3.8) is 0 Å². The summed E-state index contributed by atoms with van der Waals surface area (Å²) in [6, 6.07) is 9.35. The van der Waals surface area contributed by atoms with Crippen LogP contribution in [0.2, 0.25) is 0 Å². The van der Waals surface area contributed by atoms with Gasteiger partial charge in [-0.05, 0) is 16.2 Å². The van der Waals surface area contributed by atoms with Gasteiger partial charge in [-0.15, -0.1) is 0 Å². The van der Waals surface area contributed by atoms with Gasteiger partial charge < -0.3 is 0 Å². The lowest BCUT2D eigenvalue weighted by atomic mass is 10.00. The molecule has 16 heavy (non-hydrogen) atoms. The molecule has 1 N–H and O–H groups in total. The minimum atomic E-state index is -0.367. The number of hydrogen-bond acceptors (Lipinski definition) is 3. The third-order valence-corrected chi connectivity index (χ3v) is 3.16. The highest BCUT2D eigenvalue weighted by molar-refractivity contribution is 8.32. The first-order chi connectivity index (χ1) is 7.72. The van der Waals surface area contributed by atoms with Gasteiger partial charge >= 0.3 is 5.24 Å². The number of carbonyl (C=O) groups is 2. The smallest absolute Gasteiger partial charge is 0.272 e. The van der Waals surface area contributed by atoms with E-state index in [-0.39, 0.29) is 17.1 Å². The molecule has 1 unspecified atom stereocenters. The number of hydrazine groups is 1. The van der Waals surface area contributed by atoms with E-state index in [1.807, 2.05) is 30.3 Å². The van der Waals surface area contributed by atoms with Crippen LogP contribution in [0.3, 0.4) is 0 Å². The summed E-state index contributed by atoms with van der Waals surface area (Å²) in [5.74, 6) is -0.487. The van der Waals surface area contributed by atoms with E-state index >= 15 is 0 Å². The van der Waals surface area contributed by atoms with Crippen molar-refractivity contribution >= 4 is 32.8 Å². The number of nitrogens with one attached hydrogen (secondary N) is 1. The molecule has 6 heteroatoms. The minimum absolute atomic E-state index is 0.176. The molecule has 0 aliphatic carbocycles. The highest BCUT2D eigenvalue weighted by Gasteiger charge is 2.34. The predicted molar refractivity (Wildman–Crippen MR) is 62.9 cm³/mol. The Kier molecular flexibility index (Phi) is 3.36. The van der Waals surface area contributed by atoms with Crippen LogP contribution >= 0.6 is 21.7 Å². The standard InChI is InChI=1S/C10H9ClN2O2S/c11-16-10(15)13-6-8(9(14)12-13)7-4-2-1-3-5-7/h1-5,8H,6H2,(H,12,14). The molecule has 1 saturated heterocycles. The largest absolute Gasteiger partial charge is 0.315 e. The van der Waals surface area contributed by atoms with Crippen molar-refractivity contribution in [2.24, 2.45) is 0 Å². The third kappa shape index (κ3) is 2.15. The third-order valence-electron chi connectivity index (χ3n) is 2.42. The number of rotatable bonds is 1. The molecule has 2 amide bonds. The molecule has 1 aliphatic heterocycles. The zero-order valence-corrected chi connectivity index (χ0v) is 9.79. The number of carbonyl (C=O) groups excluding carboxylic acids is 2. The van der Waals surface area contributed by atoms with E-state index in [2.05, 4.69) is 5.43 Å². The molecule has 1 heterocycles. The summed E-state index contributed by atoms with van der Waals surface area (Å²) in [6.07, 6.45) is 0. The SMILES string of the molecule is O=C1NN(C(=O)SCl)CC1c1ccccc1. The van der Waals surface area contributed by atoms with Crippen LogP contribution in [0.4, 0.5) is 4.79 Å². The maximum absolute atomic E-state index is 11.6. The number of benzene rings is 1. The lowest BCUT2D eigenvalue weighted by Crippen LogP contribution is -2.35. The molecule has 0 aromatic heterocycles. The average Bonchev–Trinajstić information content (AvgIpc) is 2.71. The Bertz CT molecular complexity index is 413. The zero-order chi connectivity index (χ0) is 11.5. The summed E-state index contributed by atoms with van der Waals surface area (Å²) >= 11 is 0. The van der Waals surface area contributed by atoms with E-state index in [9.17, 15) is 9.59 Å². The topological polar surface area (TPSA) is 49.4 Å². The van der Waals surface area contributed by atoms with Crippen LogP contribution in [0.5, 0.6) is 0 Å². The monoisotopic (exact) mass is 256 g/mol. The fraction of sp³-hybridized carbons (Fsp3) is 0.200. The maximum Gasteiger partial charge on any atom is 0.315 e. The van der Waals surface area contributed by atoms with Crippen LogP contribution in [-0.2, 0) is 4.79 Å². The summed E-state index contributed by atoms with van der Waals surface area (Å²) in [6.45, 7) is 0.321. The summed E-state index contributed by atoms with van der Waals surface area (Å²) in [5.41, 5.74) is 3.39. The van der Waals surface area contributed by atoms with Gasteiger partial charge in [-0.1, -0.05) is 30.3 Å². The van der Waals surface area contributed by atoms with Gasteiger partial charge in [-0.2, -0.15) is 0 Å². The molecule has 0 bridgehead atoms. The van der Waals surface area contributed by atoms with Gasteiger partial charge in [0.1, 0.15) is 0 Å². The van der Waals surface area contributed by atoms with Crippen LogP contribution in [-0.4, -0.2) is 22.7 Å². The summed E-state index contributed by atoms with van der Waals surface area (Å²) in [5, 5.41) is 0.867. The highest BCUT2D eigenvalue weighted by atomic mass is 35.7. The molecule has 0 spiro atoms. The summed E-state index contributed by atoms with van der Waals surface area (Å²) in [7, 11) is 5.91. The fourth-order valence-electron chi connectivity index (χ4n) is 1.63. The molecular weight excluding hydrogens is 248 g/mol. The number of hydrogen-bond donors (Lipinski definition) is 1. The second-order valence-corrected chi connectivity index (χ2v) is 4.36. The lowest BCUT2D eigenvalue weighted by Gasteiger charge is -2.11. The Hall–Kier alpha value is -1.20. The van der Waals surface area contributed by atoms with Crippen LogP contribution in [0, 0.1) is 0 Å². The Balaban J connectivity index is 2.14. The summed E-state index contributed by atoms with van der Waals surface area (Å²) < 4.78 is 0. The molecule has 2 rings (SSSR count). The van der Waals surface area contributed by atoms with E-state index in [1.54, 1.807) is 0 Å². The van der Waals surface area contributed by atoms with Crippen LogP contribution in [0.1, 0.15) is 11.5 Å². The van der Waals surface area contributed by atoms with E-state index < -0.39 is 0 Å². The first-order valence-corrected chi connectivity index (χ1v) is 6.32. The normalized spacial score (nSPS) is 19.7. The van der Waals surface area contributed by atoms with Crippen molar-refractivity contribution in [3.05, 3.63) is 35.9 Å². The van der Waals surface area contributed by atoms with Gasteiger partial charge in [-0.25, -0.2) is 5.01 Å². The number of halogens is 1.